The Morgan fingerprint density at radius 3 is 2.55 bits per heavy atom. The first-order valence-corrected chi connectivity index (χ1v) is 12.9. The molecule has 1 saturated heterocycles. The van der Waals surface area contributed by atoms with Crippen LogP contribution in [0.4, 0.5) is 0 Å². The Balaban J connectivity index is 1.52. The Bertz CT molecular complexity index is 1130. The summed E-state index contributed by atoms with van der Waals surface area (Å²) in [6.45, 7) is 4.93. The summed E-state index contributed by atoms with van der Waals surface area (Å²) < 4.78 is 29.5. The summed E-state index contributed by atoms with van der Waals surface area (Å²) in [5, 5.41) is 1.05. The van der Waals surface area contributed by atoms with E-state index in [1.807, 2.05) is 32.0 Å². The van der Waals surface area contributed by atoms with Crippen molar-refractivity contribution in [3.63, 3.8) is 0 Å². The van der Waals surface area contributed by atoms with E-state index in [2.05, 4.69) is 10.8 Å². The number of likely N-dealkylation sites (tertiary alicyclic amines) is 1. The summed E-state index contributed by atoms with van der Waals surface area (Å²) in [6.07, 6.45) is 1.86. The van der Waals surface area contributed by atoms with Crippen molar-refractivity contribution in [1.29, 1.82) is 0 Å². The van der Waals surface area contributed by atoms with E-state index in [4.69, 9.17) is 4.98 Å². The fourth-order valence-corrected chi connectivity index (χ4v) is 6.40. The van der Waals surface area contributed by atoms with E-state index in [0.29, 0.717) is 13.1 Å². The van der Waals surface area contributed by atoms with Gasteiger partial charge in [-0.2, -0.15) is 4.72 Å². The number of sulfonamides is 1. The van der Waals surface area contributed by atoms with Gasteiger partial charge in [0.2, 0.25) is 15.9 Å². The number of carbonyl (C=O) groups excluding carboxylic acids is 1. The molecule has 1 aliphatic rings. The van der Waals surface area contributed by atoms with Crippen molar-refractivity contribution in [3.8, 4) is 0 Å². The first-order valence-electron chi connectivity index (χ1n) is 10.6. The fraction of sp³-hybridized carbons (Fsp3) is 0.391. The number of fused-ring (bicyclic) bond motifs is 1. The van der Waals surface area contributed by atoms with E-state index in [0.717, 1.165) is 28.1 Å². The Labute approximate surface area is 187 Å². The summed E-state index contributed by atoms with van der Waals surface area (Å²) in [7, 11) is -3.78. The van der Waals surface area contributed by atoms with Crippen molar-refractivity contribution in [2.24, 2.45) is 5.92 Å². The number of piperidine rings is 1. The Morgan fingerprint density at radius 2 is 1.84 bits per heavy atom. The highest BCUT2D eigenvalue weighted by Crippen LogP contribution is 2.33. The number of thiazole rings is 1. The SMILES string of the molecule is CC(C)C(NS(=O)(=O)c1ccccc1)C(=O)N1CCCC(c2nc3ccccc3s2)C1. The van der Waals surface area contributed by atoms with E-state index in [1.54, 1.807) is 34.4 Å². The number of carbonyl (C=O) groups is 1. The second-order valence-corrected chi connectivity index (χ2v) is 11.1. The van der Waals surface area contributed by atoms with Crippen LogP contribution >= 0.6 is 11.3 Å². The lowest BCUT2D eigenvalue weighted by Crippen LogP contribution is -2.53. The van der Waals surface area contributed by atoms with Gasteiger partial charge < -0.3 is 4.90 Å². The fourth-order valence-electron chi connectivity index (χ4n) is 3.95. The highest BCUT2D eigenvalue weighted by Gasteiger charge is 2.34. The molecule has 2 atom stereocenters. The first kappa shape index (κ1) is 21.9. The van der Waals surface area contributed by atoms with Crippen molar-refractivity contribution < 1.29 is 13.2 Å². The molecule has 3 aromatic rings. The van der Waals surface area contributed by atoms with Crippen LogP contribution in [0.2, 0.25) is 0 Å². The predicted molar refractivity (Wildman–Crippen MR) is 124 cm³/mol. The molecule has 0 saturated carbocycles. The minimum atomic E-state index is -3.78. The monoisotopic (exact) mass is 457 g/mol. The third-order valence-corrected chi connectivity index (χ3v) is 8.32. The molecule has 0 aliphatic carbocycles. The maximum atomic E-state index is 13.4. The lowest BCUT2D eigenvalue weighted by molar-refractivity contribution is -0.135. The van der Waals surface area contributed by atoms with E-state index in [1.165, 1.54) is 12.1 Å². The lowest BCUT2D eigenvalue weighted by Gasteiger charge is -2.35. The number of nitrogens with one attached hydrogen (secondary N) is 1. The molecule has 31 heavy (non-hydrogen) atoms. The second kappa shape index (κ2) is 9.06. The normalized spacial score (nSPS) is 18.4. The van der Waals surface area contributed by atoms with Gasteiger partial charge >= 0.3 is 0 Å². The largest absolute Gasteiger partial charge is 0.341 e. The molecule has 1 aromatic heterocycles. The third kappa shape index (κ3) is 4.81. The molecule has 2 aromatic carbocycles. The number of nitrogens with zero attached hydrogens (tertiary/aromatic N) is 2. The van der Waals surface area contributed by atoms with E-state index < -0.39 is 16.1 Å². The van der Waals surface area contributed by atoms with E-state index >= 15 is 0 Å². The Morgan fingerprint density at radius 1 is 1.13 bits per heavy atom. The number of aromatic nitrogens is 1. The molecular weight excluding hydrogens is 430 g/mol. The van der Waals surface area contributed by atoms with Crippen molar-refractivity contribution in [2.75, 3.05) is 13.1 Å². The lowest BCUT2D eigenvalue weighted by atomic mass is 9.96. The van der Waals surface area contributed by atoms with Crippen LogP contribution in [0.15, 0.2) is 59.5 Å². The summed E-state index contributed by atoms with van der Waals surface area (Å²) >= 11 is 1.68. The maximum Gasteiger partial charge on any atom is 0.241 e. The molecule has 1 N–H and O–H groups in total. The maximum absolute atomic E-state index is 13.4. The highest BCUT2D eigenvalue weighted by molar-refractivity contribution is 7.89. The van der Waals surface area contributed by atoms with Gasteiger partial charge in [0.1, 0.15) is 6.04 Å². The van der Waals surface area contributed by atoms with Crippen molar-refractivity contribution in [2.45, 2.75) is 43.5 Å². The van der Waals surface area contributed by atoms with E-state index in [9.17, 15) is 13.2 Å². The molecule has 0 radical (unpaired) electrons. The van der Waals surface area contributed by atoms with Crippen LogP contribution in [-0.4, -0.2) is 43.3 Å². The van der Waals surface area contributed by atoms with E-state index in [-0.39, 0.29) is 22.6 Å². The topological polar surface area (TPSA) is 79.4 Å². The summed E-state index contributed by atoms with van der Waals surface area (Å²) in [6, 6.07) is 15.4. The van der Waals surface area contributed by atoms with Crippen molar-refractivity contribution >= 4 is 37.5 Å². The third-order valence-electron chi connectivity index (χ3n) is 5.66. The number of hydrogen-bond acceptors (Lipinski definition) is 5. The first-order chi connectivity index (χ1) is 14.8. The number of hydrogen-bond donors (Lipinski definition) is 1. The van der Waals surface area contributed by atoms with Gasteiger partial charge in [0, 0.05) is 19.0 Å². The van der Waals surface area contributed by atoms with Gasteiger partial charge in [0.05, 0.1) is 20.1 Å². The summed E-state index contributed by atoms with van der Waals surface area (Å²) in [5.74, 6) is -0.164. The van der Waals surface area contributed by atoms with Crippen molar-refractivity contribution in [1.82, 2.24) is 14.6 Å². The molecule has 8 heteroatoms. The van der Waals surface area contributed by atoms with Crippen LogP contribution in [0.25, 0.3) is 10.2 Å². The zero-order chi connectivity index (χ0) is 22.0. The molecule has 2 unspecified atom stereocenters. The second-order valence-electron chi connectivity index (χ2n) is 8.30. The minimum Gasteiger partial charge on any atom is -0.341 e. The number of amides is 1. The zero-order valence-corrected chi connectivity index (χ0v) is 19.3. The van der Waals surface area contributed by atoms with Gasteiger partial charge in [-0.1, -0.05) is 44.2 Å². The van der Waals surface area contributed by atoms with Gasteiger partial charge in [-0.3, -0.25) is 4.79 Å². The van der Waals surface area contributed by atoms with Gasteiger partial charge in [-0.25, -0.2) is 13.4 Å². The Kier molecular flexibility index (Phi) is 6.41. The zero-order valence-electron chi connectivity index (χ0n) is 17.7. The average Bonchev–Trinajstić information content (AvgIpc) is 3.22. The molecule has 0 spiro atoms. The van der Waals surface area contributed by atoms with Crippen LogP contribution in [0, 0.1) is 5.92 Å². The molecule has 0 bridgehead atoms. The summed E-state index contributed by atoms with van der Waals surface area (Å²) in [4.78, 5) is 20.1. The van der Waals surface area contributed by atoms with Crippen LogP contribution < -0.4 is 4.72 Å². The van der Waals surface area contributed by atoms with Gasteiger partial charge in [-0.05, 0) is 43.0 Å². The number of para-hydroxylation sites is 1. The van der Waals surface area contributed by atoms with Crippen LogP contribution in [0.1, 0.15) is 37.6 Å². The van der Waals surface area contributed by atoms with Gasteiger partial charge in [0.15, 0.2) is 0 Å². The molecule has 4 rings (SSSR count). The predicted octanol–water partition coefficient (Wildman–Crippen LogP) is 4.01. The molecule has 164 valence electrons. The van der Waals surface area contributed by atoms with Gasteiger partial charge in [-0.15, -0.1) is 11.3 Å². The average molecular weight is 458 g/mol. The molecule has 2 heterocycles. The molecule has 1 fully saturated rings. The minimum absolute atomic E-state index is 0.166. The van der Waals surface area contributed by atoms with Crippen molar-refractivity contribution in [3.05, 3.63) is 59.6 Å². The van der Waals surface area contributed by atoms with Crippen LogP contribution in [0.3, 0.4) is 0 Å². The Hall–Kier alpha value is -2.29. The van der Waals surface area contributed by atoms with Crippen LogP contribution in [0.5, 0.6) is 0 Å². The number of rotatable bonds is 6. The quantitative estimate of drug-likeness (QED) is 0.607. The van der Waals surface area contributed by atoms with Crippen LogP contribution in [-0.2, 0) is 14.8 Å². The highest BCUT2D eigenvalue weighted by atomic mass is 32.2. The molecule has 1 amide bonds. The summed E-state index contributed by atoms with van der Waals surface area (Å²) in [5.41, 5.74) is 0.988. The number of benzene rings is 2. The smallest absolute Gasteiger partial charge is 0.241 e. The standard InChI is InChI=1S/C23H27N3O3S2/c1-16(2)21(25-31(28,29)18-10-4-3-5-11-18)23(27)26-14-8-9-17(15-26)22-24-19-12-6-7-13-20(19)30-22/h3-7,10-13,16-17,21,25H,8-9,14-15H2,1-2H3. The van der Waals surface area contributed by atoms with Gasteiger partial charge in [0.25, 0.3) is 0 Å². The molecule has 6 nitrogen and oxygen atoms in total. The molecule has 1 aliphatic heterocycles. The molecular formula is C23H27N3O3S2.